The van der Waals surface area contributed by atoms with Gasteiger partial charge >= 0.3 is 0 Å². The van der Waals surface area contributed by atoms with E-state index in [0.29, 0.717) is 0 Å². The summed E-state index contributed by atoms with van der Waals surface area (Å²) < 4.78 is 0. The minimum atomic E-state index is 0.280. The van der Waals surface area contributed by atoms with Crippen molar-refractivity contribution >= 4 is 11.8 Å². The van der Waals surface area contributed by atoms with Crippen molar-refractivity contribution < 1.29 is 0 Å². The number of hydrogen-bond donors (Lipinski definition) is 2. The first-order chi connectivity index (χ1) is 7.10. The third kappa shape index (κ3) is 7.52. The third-order valence-electron chi connectivity index (χ3n) is 1.71. The molecule has 2 nitrogen and oxygen atoms in total. The number of hydrogen-bond acceptors (Lipinski definition) is 2. The van der Waals surface area contributed by atoms with E-state index < -0.39 is 0 Å². The maximum atomic E-state index is 5.45. The Labute approximate surface area is 92.3 Å². The fourth-order valence-electron chi connectivity index (χ4n) is 0.895. The van der Waals surface area contributed by atoms with Gasteiger partial charge in [-0.05, 0) is 31.0 Å². The van der Waals surface area contributed by atoms with Crippen molar-refractivity contribution in [3.63, 3.8) is 0 Å². The molecule has 0 saturated carbocycles. The number of anilines is 1. The van der Waals surface area contributed by atoms with Crippen LogP contribution in [0.3, 0.4) is 0 Å². The molecular formula is C13H20N2. The Morgan fingerprint density at radius 2 is 1.80 bits per heavy atom. The molecule has 4 N–H and O–H groups in total. The summed E-state index contributed by atoms with van der Waals surface area (Å²) in [7, 11) is 0. The molecule has 1 atom stereocenters. The van der Waals surface area contributed by atoms with E-state index in [4.69, 9.17) is 11.5 Å². The summed E-state index contributed by atoms with van der Waals surface area (Å²) in [6, 6.07) is 7.86. The lowest BCUT2D eigenvalue weighted by molar-refractivity contribution is 0.758. The Balaban J connectivity index is 0.000000288. The van der Waals surface area contributed by atoms with Crippen LogP contribution in [0.5, 0.6) is 0 Å². The molecule has 0 radical (unpaired) electrons. The molecule has 0 aliphatic rings. The van der Waals surface area contributed by atoms with Crippen LogP contribution in [0.2, 0.25) is 0 Å². The molecule has 0 aromatic heterocycles. The Kier molecular flexibility index (Phi) is 7.02. The van der Waals surface area contributed by atoms with Crippen molar-refractivity contribution in [2.75, 3.05) is 5.73 Å². The van der Waals surface area contributed by atoms with Crippen molar-refractivity contribution in [3.8, 4) is 0 Å². The second kappa shape index (κ2) is 7.83. The highest BCUT2D eigenvalue weighted by Crippen LogP contribution is 2.05. The monoisotopic (exact) mass is 204 g/mol. The third-order valence-corrected chi connectivity index (χ3v) is 1.71. The molecule has 0 aliphatic heterocycles. The van der Waals surface area contributed by atoms with Gasteiger partial charge in [-0.15, -0.1) is 6.58 Å². The molecule has 0 saturated heterocycles. The Bertz CT molecular complexity index is 286. The highest BCUT2D eigenvalue weighted by molar-refractivity contribution is 5.51. The average molecular weight is 204 g/mol. The minimum Gasteiger partial charge on any atom is -0.399 e. The van der Waals surface area contributed by atoms with Gasteiger partial charge in [0.1, 0.15) is 0 Å². The van der Waals surface area contributed by atoms with Crippen LogP contribution in [0.25, 0.3) is 6.08 Å². The summed E-state index contributed by atoms with van der Waals surface area (Å²) in [5.41, 5.74) is 12.7. The van der Waals surface area contributed by atoms with Crippen molar-refractivity contribution in [1.29, 1.82) is 0 Å². The van der Waals surface area contributed by atoms with Gasteiger partial charge in [0.2, 0.25) is 0 Å². The van der Waals surface area contributed by atoms with Crippen LogP contribution in [0.15, 0.2) is 43.5 Å². The SMILES string of the molecule is C=CCC(C)N.C=Cc1ccc(N)cc1. The standard InChI is InChI=1S/C8H9N.C5H11N/c1-2-7-3-5-8(9)6-4-7;1-3-4-5(2)6/h2-6H,1,9H2;3,5H,1,4,6H2,2H3. The Hall–Kier alpha value is -1.54. The lowest BCUT2D eigenvalue weighted by atomic mass is 10.2. The number of nitrogens with two attached hydrogens (primary N) is 2. The molecule has 82 valence electrons. The van der Waals surface area contributed by atoms with E-state index in [0.717, 1.165) is 17.7 Å². The molecule has 1 unspecified atom stereocenters. The summed E-state index contributed by atoms with van der Waals surface area (Å²) >= 11 is 0. The summed E-state index contributed by atoms with van der Waals surface area (Å²) in [5, 5.41) is 0. The molecule has 0 spiro atoms. The van der Waals surface area contributed by atoms with E-state index in [1.807, 2.05) is 37.3 Å². The van der Waals surface area contributed by atoms with Crippen LogP contribution in [-0.2, 0) is 0 Å². The van der Waals surface area contributed by atoms with E-state index in [-0.39, 0.29) is 6.04 Å². The first kappa shape index (κ1) is 13.5. The lowest BCUT2D eigenvalue weighted by Gasteiger charge is -1.93. The summed E-state index contributed by atoms with van der Waals surface area (Å²) in [6.07, 6.45) is 4.53. The van der Waals surface area contributed by atoms with Gasteiger partial charge in [-0.2, -0.15) is 0 Å². The van der Waals surface area contributed by atoms with E-state index in [1.165, 1.54) is 0 Å². The highest BCUT2D eigenvalue weighted by Gasteiger charge is 1.83. The van der Waals surface area contributed by atoms with E-state index in [1.54, 1.807) is 6.08 Å². The molecule has 1 aromatic rings. The summed E-state index contributed by atoms with van der Waals surface area (Å²) in [6.45, 7) is 9.10. The predicted octanol–water partition coefficient (Wildman–Crippen LogP) is 2.82. The van der Waals surface area contributed by atoms with Crippen LogP contribution in [-0.4, -0.2) is 6.04 Å². The van der Waals surface area contributed by atoms with Gasteiger partial charge in [0.15, 0.2) is 0 Å². The van der Waals surface area contributed by atoms with Crippen LogP contribution >= 0.6 is 0 Å². The van der Waals surface area contributed by atoms with Crippen LogP contribution in [0.4, 0.5) is 5.69 Å². The van der Waals surface area contributed by atoms with Crippen molar-refractivity contribution in [3.05, 3.63) is 49.1 Å². The molecular weight excluding hydrogens is 184 g/mol. The number of benzene rings is 1. The highest BCUT2D eigenvalue weighted by atomic mass is 14.6. The van der Waals surface area contributed by atoms with Gasteiger partial charge in [0, 0.05) is 11.7 Å². The minimum absolute atomic E-state index is 0.280. The zero-order valence-electron chi connectivity index (χ0n) is 9.32. The second-order valence-corrected chi connectivity index (χ2v) is 3.37. The summed E-state index contributed by atoms with van der Waals surface area (Å²) in [5.74, 6) is 0. The smallest absolute Gasteiger partial charge is 0.0314 e. The Morgan fingerprint density at radius 3 is 2.07 bits per heavy atom. The topological polar surface area (TPSA) is 52.0 Å². The second-order valence-electron chi connectivity index (χ2n) is 3.37. The average Bonchev–Trinajstić information content (AvgIpc) is 2.20. The van der Waals surface area contributed by atoms with Crippen LogP contribution in [0, 0.1) is 0 Å². The van der Waals surface area contributed by atoms with Crippen molar-refractivity contribution in [1.82, 2.24) is 0 Å². The van der Waals surface area contributed by atoms with E-state index >= 15 is 0 Å². The van der Waals surface area contributed by atoms with Gasteiger partial charge in [0.25, 0.3) is 0 Å². The first-order valence-corrected chi connectivity index (χ1v) is 4.94. The molecule has 0 amide bonds. The summed E-state index contributed by atoms with van der Waals surface area (Å²) in [4.78, 5) is 0. The predicted molar refractivity (Wildman–Crippen MR) is 69.4 cm³/mol. The first-order valence-electron chi connectivity index (χ1n) is 4.94. The van der Waals surface area contributed by atoms with Gasteiger partial charge in [-0.3, -0.25) is 0 Å². The van der Waals surface area contributed by atoms with Crippen molar-refractivity contribution in [2.24, 2.45) is 5.73 Å². The van der Waals surface area contributed by atoms with Crippen LogP contribution < -0.4 is 11.5 Å². The quantitative estimate of drug-likeness (QED) is 0.587. The molecule has 0 fully saturated rings. The van der Waals surface area contributed by atoms with Gasteiger partial charge in [-0.1, -0.05) is 30.9 Å². The zero-order chi connectivity index (χ0) is 11.7. The molecule has 15 heavy (non-hydrogen) atoms. The zero-order valence-corrected chi connectivity index (χ0v) is 9.32. The lowest BCUT2D eigenvalue weighted by Crippen LogP contribution is -2.12. The number of nitrogen functional groups attached to an aromatic ring is 1. The van der Waals surface area contributed by atoms with Gasteiger partial charge in [0.05, 0.1) is 0 Å². The molecule has 0 heterocycles. The van der Waals surface area contributed by atoms with Gasteiger partial charge < -0.3 is 11.5 Å². The van der Waals surface area contributed by atoms with E-state index in [9.17, 15) is 0 Å². The molecule has 0 bridgehead atoms. The fourth-order valence-corrected chi connectivity index (χ4v) is 0.895. The van der Waals surface area contributed by atoms with Crippen LogP contribution in [0.1, 0.15) is 18.9 Å². The maximum absolute atomic E-state index is 5.45. The Morgan fingerprint density at radius 1 is 1.27 bits per heavy atom. The largest absolute Gasteiger partial charge is 0.399 e. The van der Waals surface area contributed by atoms with E-state index in [2.05, 4.69) is 13.2 Å². The molecule has 1 rings (SSSR count). The fraction of sp³-hybridized carbons (Fsp3) is 0.231. The van der Waals surface area contributed by atoms with Gasteiger partial charge in [-0.25, -0.2) is 0 Å². The number of rotatable bonds is 3. The normalized spacial score (nSPS) is 10.8. The molecule has 0 aliphatic carbocycles. The molecule has 2 heteroatoms. The molecule has 1 aromatic carbocycles. The van der Waals surface area contributed by atoms with Crippen molar-refractivity contribution in [2.45, 2.75) is 19.4 Å². The maximum Gasteiger partial charge on any atom is 0.0314 e.